The number of H-pyrrole nitrogens is 1. The molecule has 4 heterocycles. The van der Waals surface area contributed by atoms with E-state index in [0.29, 0.717) is 0 Å². The zero-order valence-electron chi connectivity index (χ0n) is 16.2. The first kappa shape index (κ1) is 17.8. The van der Waals surface area contributed by atoms with Crippen molar-refractivity contribution in [1.29, 1.82) is 0 Å². The van der Waals surface area contributed by atoms with E-state index >= 15 is 0 Å². The number of imidazole rings is 2. The molecule has 2 aromatic rings. The summed E-state index contributed by atoms with van der Waals surface area (Å²) in [6.07, 6.45) is 17.7. The number of piperidine rings is 2. The summed E-state index contributed by atoms with van der Waals surface area (Å²) in [6, 6.07) is 0.831. The number of hydrogen-bond acceptors (Lipinski definition) is 3. The highest BCUT2D eigenvalue weighted by atomic mass is 15.2. The maximum Gasteiger partial charge on any atom is 0.158 e. The third kappa shape index (κ3) is 3.88. The van der Waals surface area contributed by atoms with Crippen LogP contribution < -0.4 is 0 Å². The molecule has 2 fully saturated rings. The van der Waals surface area contributed by atoms with Crippen LogP contribution in [-0.2, 0) is 13.0 Å². The van der Waals surface area contributed by atoms with Crippen molar-refractivity contribution in [2.75, 3.05) is 13.1 Å². The predicted octanol–water partition coefficient (Wildman–Crippen LogP) is 4.27. The minimum atomic E-state index is 0.831. The molecule has 0 amide bonds. The van der Waals surface area contributed by atoms with Crippen LogP contribution in [0.25, 0.3) is 11.5 Å². The number of aromatic nitrogens is 4. The van der Waals surface area contributed by atoms with Gasteiger partial charge in [0, 0.05) is 31.4 Å². The van der Waals surface area contributed by atoms with Crippen molar-refractivity contribution in [3.05, 3.63) is 24.4 Å². The van der Waals surface area contributed by atoms with Gasteiger partial charge in [-0.3, -0.25) is 0 Å². The lowest BCUT2D eigenvalue weighted by Gasteiger charge is -2.44. The van der Waals surface area contributed by atoms with Crippen LogP contribution in [0.15, 0.2) is 18.6 Å². The number of unbranched alkanes of at least 4 members (excludes halogenated alkanes) is 1. The zero-order valence-corrected chi connectivity index (χ0v) is 16.2. The van der Waals surface area contributed by atoms with Crippen molar-refractivity contribution in [2.24, 2.45) is 5.92 Å². The molecular formula is C21H33N5. The van der Waals surface area contributed by atoms with Gasteiger partial charge in [-0.1, -0.05) is 19.8 Å². The van der Waals surface area contributed by atoms with Crippen LogP contribution in [-0.4, -0.2) is 43.6 Å². The molecule has 2 aromatic heterocycles. The van der Waals surface area contributed by atoms with Crippen LogP contribution in [0.1, 0.15) is 64.1 Å². The van der Waals surface area contributed by atoms with Crippen LogP contribution >= 0.6 is 0 Å². The number of aromatic amines is 1. The first-order valence-electron chi connectivity index (χ1n) is 10.6. The fourth-order valence-corrected chi connectivity index (χ4v) is 4.90. The maximum absolute atomic E-state index is 4.61. The van der Waals surface area contributed by atoms with Crippen molar-refractivity contribution >= 4 is 0 Å². The number of nitrogens with one attached hydrogen (secondary N) is 1. The van der Waals surface area contributed by atoms with E-state index in [1.165, 1.54) is 64.5 Å². The van der Waals surface area contributed by atoms with Crippen LogP contribution in [0, 0.1) is 5.92 Å². The molecule has 2 aliphatic rings. The quantitative estimate of drug-likeness (QED) is 0.807. The highest BCUT2D eigenvalue weighted by Crippen LogP contribution is 2.33. The third-order valence-corrected chi connectivity index (χ3v) is 6.32. The lowest BCUT2D eigenvalue weighted by molar-refractivity contribution is 0.0539. The molecule has 0 saturated carbocycles. The molecule has 0 spiro atoms. The molecule has 2 atom stereocenters. The van der Waals surface area contributed by atoms with Crippen molar-refractivity contribution < 1.29 is 0 Å². The number of aryl methyl sites for hydroxylation is 2. The Kier molecular flexibility index (Phi) is 5.73. The number of rotatable bonds is 7. The van der Waals surface area contributed by atoms with Crippen LogP contribution in [0.4, 0.5) is 0 Å². The Bertz CT molecular complexity index is 686. The molecule has 2 aliphatic heterocycles. The van der Waals surface area contributed by atoms with E-state index in [-0.39, 0.29) is 0 Å². The van der Waals surface area contributed by atoms with Crippen molar-refractivity contribution in [3.8, 4) is 11.5 Å². The van der Waals surface area contributed by atoms with Gasteiger partial charge < -0.3 is 14.5 Å². The van der Waals surface area contributed by atoms with Gasteiger partial charge in [0.05, 0.1) is 6.20 Å². The van der Waals surface area contributed by atoms with Gasteiger partial charge in [-0.05, 0) is 57.5 Å². The molecule has 2 saturated heterocycles. The molecule has 0 aliphatic carbocycles. The van der Waals surface area contributed by atoms with Crippen molar-refractivity contribution in [3.63, 3.8) is 0 Å². The van der Waals surface area contributed by atoms with Gasteiger partial charge in [0.2, 0.25) is 0 Å². The van der Waals surface area contributed by atoms with Crippen molar-refractivity contribution in [2.45, 2.75) is 77.3 Å². The molecule has 1 N–H and O–H groups in total. The second-order valence-corrected chi connectivity index (χ2v) is 8.08. The van der Waals surface area contributed by atoms with E-state index in [1.54, 1.807) is 0 Å². The Hall–Kier alpha value is -1.62. The first-order chi connectivity index (χ1) is 12.8. The molecule has 26 heavy (non-hydrogen) atoms. The smallest absolute Gasteiger partial charge is 0.158 e. The van der Waals surface area contributed by atoms with Crippen molar-refractivity contribution in [1.82, 2.24) is 24.4 Å². The predicted molar refractivity (Wildman–Crippen MR) is 105 cm³/mol. The summed E-state index contributed by atoms with van der Waals surface area (Å²) >= 11 is 0. The highest BCUT2D eigenvalue weighted by molar-refractivity contribution is 5.48. The minimum absolute atomic E-state index is 0.831. The summed E-state index contributed by atoms with van der Waals surface area (Å²) in [7, 11) is 0. The monoisotopic (exact) mass is 355 g/mol. The molecule has 4 rings (SSSR count). The second kappa shape index (κ2) is 8.38. The number of nitrogens with zero attached hydrogens (tertiary/aromatic N) is 4. The van der Waals surface area contributed by atoms with Gasteiger partial charge >= 0.3 is 0 Å². The van der Waals surface area contributed by atoms with Gasteiger partial charge in [0.1, 0.15) is 11.5 Å². The minimum Gasteiger partial charge on any atom is -0.339 e. The lowest BCUT2D eigenvalue weighted by atomic mass is 9.81. The first-order valence-corrected chi connectivity index (χ1v) is 10.6. The Morgan fingerprint density at radius 2 is 2.08 bits per heavy atom. The maximum atomic E-state index is 4.61. The van der Waals surface area contributed by atoms with Gasteiger partial charge in [-0.2, -0.15) is 0 Å². The largest absolute Gasteiger partial charge is 0.339 e. The molecule has 142 valence electrons. The Morgan fingerprint density at radius 1 is 1.15 bits per heavy atom. The molecule has 0 radical (unpaired) electrons. The lowest BCUT2D eigenvalue weighted by Crippen LogP contribution is -2.48. The zero-order chi connectivity index (χ0) is 17.8. The van der Waals surface area contributed by atoms with E-state index in [0.717, 1.165) is 42.3 Å². The molecule has 0 aromatic carbocycles. The topological polar surface area (TPSA) is 49.7 Å². The summed E-state index contributed by atoms with van der Waals surface area (Å²) < 4.78 is 2.32. The van der Waals surface area contributed by atoms with Gasteiger partial charge in [0.25, 0.3) is 0 Å². The highest BCUT2D eigenvalue weighted by Gasteiger charge is 2.32. The SMILES string of the molecule is CCCCc1ncc(-c2nccn2CC[C@@H]2CCCN3CCCC[C@H]23)[nH]1. The Morgan fingerprint density at radius 3 is 3.00 bits per heavy atom. The fraction of sp³-hybridized carbons (Fsp3) is 0.714. The van der Waals surface area contributed by atoms with Crippen LogP contribution in [0.2, 0.25) is 0 Å². The average Bonchev–Trinajstić information content (AvgIpc) is 3.33. The Balaban J connectivity index is 1.40. The van der Waals surface area contributed by atoms with Gasteiger partial charge in [0.15, 0.2) is 5.82 Å². The average molecular weight is 356 g/mol. The normalized spacial score (nSPS) is 23.9. The third-order valence-electron chi connectivity index (χ3n) is 6.32. The van der Waals surface area contributed by atoms with E-state index in [4.69, 9.17) is 0 Å². The fourth-order valence-electron chi connectivity index (χ4n) is 4.90. The van der Waals surface area contributed by atoms with E-state index < -0.39 is 0 Å². The van der Waals surface area contributed by atoms with Gasteiger partial charge in [-0.15, -0.1) is 0 Å². The second-order valence-electron chi connectivity index (χ2n) is 8.08. The Labute approximate surface area is 157 Å². The summed E-state index contributed by atoms with van der Waals surface area (Å²) in [5.74, 6) is 2.97. The van der Waals surface area contributed by atoms with Gasteiger partial charge in [-0.25, -0.2) is 9.97 Å². The summed E-state index contributed by atoms with van der Waals surface area (Å²) in [5, 5.41) is 0. The van der Waals surface area contributed by atoms with E-state index in [1.807, 2.05) is 12.4 Å². The van der Waals surface area contributed by atoms with Crippen LogP contribution in [0.3, 0.4) is 0 Å². The standard InChI is InChI=1S/C21H33N5/c1-2-3-9-20-23-16-18(24-20)21-22-11-15-26(21)14-10-17-7-6-13-25-12-5-4-8-19(17)25/h11,15-17,19H,2-10,12-14H2,1H3,(H,23,24)/t17-,19+/m0/s1. The van der Waals surface area contributed by atoms with Crippen LogP contribution in [0.5, 0.6) is 0 Å². The summed E-state index contributed by atoms with van der Waals surface area (Å²) in [5.41, 5.74) is 1.06. The van der Waals surface area contributed by atoms with E-state index in [2.05, 4.69) is 37.5 Å². The number of hydrogen-bond donors (Lipinski definition) is 1. The molecule has 0 bridgehead atoms. The molecule has 5 heteroatoms. The van der Waals surface area contributed by atoms with E-state index in [9.17, 15) is 0 Å². The number of fused-ring (bicyclic) bond motifs is 1. The summed E-state index contributed by atoms with van der Waals surface area (Å²) in [4.78, 5) is 15.4. The summed E-state index contributed by atoms with van der Waals surface area (Å²) in [6.45, 7) is 5.93. The molecule has 5 nitrogen and oxygen atoms in total. The molecule has 0 unspecified atom stereocenters. The molecular weight excluding hydrogens is 322 g/mol.